The van der Waals surface area contributed by atoms with E-state index in [-0.39, 0.29) is 17.8 Å². The molecule has 0 bridgehead atoms. The lowest BCUT2D eigenvalue weighted by Crippen LogP contribution is -2.22. The van der Waals surface area contributed by atoms with Crippen LogP contribution in [0.25, 0.3) is 6.08 Å². The third-order valence-corrected chi connectivity index (χ3v) is 6.27. The molecule has 1 aliphatic rings. The van der Waals surface area contributed by atoms with Gasteiger partial charge in [-0.2, -0.15) is 0 Å². The predicted molar refractivity (Wildman–Crippen MR) is 120 cm³/mol. The summed E-state index contributed by atoms with van der Waals surface area (Å²) in [4.78, 5) is 25.3. The number of ether oxygens (including phenoxy) is 2. The molecule has 0 atom stereocenters. The highest BCUT2D eigenvalue weighted by Crippen LogP contribution is 2.39. The summed E-state index contributed by atoms with van der Waals surface area (Å²) in [6, 6.07) is 8.86. The Morgan fingerprint density at radius 1 is 1.14 bits per heavy atom. The number of thioether (sulfide) groups is 1. The summed E-state index contributed by atoms with van der Waals surface area (Å²) in [6.45, 7) is 2.57. The number of likely N-dealkylation sites (N-methyl/N-ethyl adjacent to an activating group) is 1. The van der Waals surface area contributed by atoms with E-state index in [9.17, 15) is 9.59 Å². The van der Waals surface area contributed by atoms with Gasteiger partial charge in [0.05, 0.1) is 26.0 Å². The van der Waals surface area contributed by atoms with Crippen molar-refractivity contribution in [3.8, 4) is 11.5 Å². The number of amides is 2. The maximum absolute atomic E-state index is 12.1. The molecule has 0 aliphatic carbocycles. The van der Waals surface area contributed by atoms with Crippen molar-refractivity contribution in [2.24, 2.45) is 0 Å². The van der Waals surface area contributed by atoms with Crippen molar-refractivity contribution in [3.63, 3.8) is 0 Å². The fourth-order valence-electron chi connectivity index (χ4n) is 2.56. The van der Waals surface area contributed by atoms with E-state index in [1.54, 1.807) is 30.3 Å². The lowest BCUT2D eigenvalue weighted by atomic mass is 10.1. The first-order chi connectivity index (χ1) is 13.8. The normalized spacial score (nSPS) is 15.3. The molecule has 2 amide bonds. The zero-order valence-corrected chi connectivity index (χ0v) is 19.4. The fraction of sp³-hybridized carbons (Fsp3) is 0.200. The smallest absolute Gasteiger partial charge is 0.293 e. The van der Waals surface area contributed by atoms with Gasteiger partial charge in [0.1, 0.15) is 6.61 Å². The molecule has 9 heteroatoms. The van der Waals surface area contributed by atoms with Gasteiger partial charge in [-0.3, -0.25) is 14.5 Å². The number of nitrogens with zero attached hydrogens (tertiary/aromatic N) is 1. The van der Waals surface area contributed by atoms with Gasteiger partial charge in [0.25, 0.3) is 11.1 Å². The third kappa shape index (κ3) is 5.09. The van der Waals surface area contributed by atoms with Crippen molar-refractivity contribution in [1.82, 2.24) is 4.90 Å². The highest BCUT2D eigenvalue weighted by molar-refractivity contribution is 9.10. The molecule has 0 N–H and O–H groups in total. The Morgan fingerprint density at radius 2 is 1.90 bits per heavy atom. The van der Waals surface area contributed by atoms with Crippen LogP contribution in [0.3, 0.4) is 0 Å². The molecular weight excluding hydrogens is 501 g/mol. The van der Waals surface area contributed by atoms with Gasteiger partial charge >= 0.3 is 0 Å². The lowest BCUT2D eigenvalue weighted by Gasteiger charge is -2.15. The number of imide groups is 1. The van der Waals surface area contributed by atoms with Gasteiger partial charge in [0.2, 0.25) is 0 Å². The van der Waals surface area contributed by atoms with E-state index in [0.717, 1.165) is 22.2 Å². The summed E-state index contributed by atoms with van der Waals surface area (Å²) >= 11 is 16.4. The molecule has 0 spiro atoms. The number of carbonyl (C=O) groups is 2. The van der Waals surface area contributed by atoms with Crippen molar-refractivity contribution < 1.29 is 19.1 Å². The molecule has 3 rings (SSSR count). The van der Waals surface area contributed by atoms with E-state index in [4.69, 9.17) is 32.7 Å². The number of carbonyl (C=O) groups excluding carboxylic acids is 2. The zero-order chi connectivity index (χ0) is 21.1. The van der Waals surface area contributed by atoms with Crippen LogP contribution < -0.4 is 9.47 Å². The molecule has 2 aromatic carbocycles. The van der Waals surface area contributed by atoms with Gasteiger partial charge in [-0.05, 0) is 76.1 Å². The highest BCUT2D eigenvalue weighted by atomic mass is 79.9. The summed E-state index contributed by atoms with van der Waals surface area (Å²) in [7, 11) is 1.46. The van der Waals surface area contributed by atoms with Crippen molar-refractivity contribution in [1.29, 1.82) is 0 Å². The van der Waals surface area contributed by atoms with Crippen LogP contribution in [-0.2, 0) is 11.4 Å². The van der Waals surface area contributed by atoms with Gasteiger partial charge in [0, 0.05) is 7.05 Å². The molecule has 1 saturated heterocycles. The molecule has 1 aliphatic heterocycles. The molecule has 29 heavy (non-hydrogen) atoms. The Morgan fingerprint density at radius 3 is 2.52 bits per heavy atom. The molecule has 152 valence electrons. The second kappa shape index (κ2) is 9.43. The van der Waals surface area contributed by atoms with E-state index in [1.807, 2.05) is 13.0 Å². The molecular formula is C20H16BrCl2NO4S. The number of hydrogen-bond donors (Lipinski definition) is 0. The van der Waals surface area contributed by atoms with Crippen LogP contribution in [-0.4, -0.2) is 29.7 Å². The highest BCUT2D eigenvalue weighted by Gasteiger charge is 2.31. The van der Waals surface area contributed by atoms with Gasteiger partial charge in [-0.15, -0.1) is 0 Å². The van der Waals surface area contributed by atoms with Gasteiger partial charge in [-0.1, -0.05) is 29.3 Å². The predicted octanol–water partition coefficient (Wildman–Crippen LogP) is 6.40. The Kier molecular flexibility index (Phi) is 7.16. The molecule has 0 radical (unpaired) electrons. The minimum Gasteiger partial charge on any atom is -0.490 e. The van der Waals surface area contributed by atoms with E-state index in [0.29, 0.717) is 43.1 Å². The van der Waals surface area contributed by atoms with E-state index >= 15 is 0 Å². The maximum Gasteiger partial charge on any atom is 0.293 e. The minimum absolute atomic E-state index is 0.267. The summed E-state index contributed by atoms with van der Waals surface area (Å²) in [5.41, 5.74) is 1.57. The van der Waals surface area contributed by atoms with Crippen LogP contribution in [0.1, 0.15) is 18.1 Å². The van der Waals surface area contributed by atoms with Gasteiger partial charge in [-0.25, -0.2) is 0 Å². The van der Waals surface area contributed by atoms with Crippen LogP contribution >= 0.6 is 50.9 Å². The zero-order valence-electron chi connectivity index (χ0n) is 15.5. The van der Waals surface area contributed by atoms with Gasteiger partial charge in [0.15, 0.2) is 11.5 Å². The number of halogens is 3. The van der Waals surface area contributed by atoms with Crippen molar-refractivity contribution in [2.45, 2.75) is 13.5 Å². The first kappa shape index (κ1) is 22.0. The number of hydrogen-bond acceptors (Lipinski definition) is 5. The molecule has 2 aromatic rings. The van der Waals surface area contributed by atoms with E-state index in [1.165, 1.54) is 7.05 Å². The SMILES string of the molecule is CCOc1cc(/C=C2\SC(=O)N(C)C2=O)cc(Br)c1OCc1ccc(Cl)c(Cl)c1. The monoisotopic (exact) mass is 515 g/mol. The van der Waals surface area contributed by atoms with E-state index < -0.39 is 0 Å². The topological polar surface area (TPSA) is 55.8 Å². The lowest BCUT2D eigenvalue weighted by molar-refractivity contribution is -0.121. The standard InChI is InChI=1S/C20H16BrCl2NO4S/c1-3-27-16-8-12(9-17-19(25)24(2)20(26)29-17)6-13(21)18(16)28-10-11-4-5-14(22)15(23)7-11/h4-9H,3,10H2,1-2H3/b17-9-. The quantitative estimate of drug-likeness (QED) is 0.416. The van der Waals surface area contributed by atoms with E-state index in [2.05, 4.69) is 15.9 Å². The summed E-state index contributed by atoms with van der Waals surface area (Å²) in [5.74, 6) is 0.719. The van der Waals surface area contributed by atoms with Crippen LogP contribution in [0, 0.1) is 0 Å². The summed E-state index contributed by atoms with van der Waals surface area (Å²) in [6.07, 6.45) is 1.66. The Labute approximate surface area is 191 Å². The molecule has 1 heterocycles. The van der Waals surface area contributed by atoms with Crippen LogP contribution in [0.15, 0.2) is 39.7 Å². The van der Waals surface area contributed by atoms with Crippen molar-refractivity contribution >= 4 is 68.1 Å². The first-order valence-corrected chi connectivity index (χ1v) is 10.9. The largest absolute Gasteiger partial charge is 0.490 e. The molecule has 0 aromatic heterocycles. The Balaban J connectivity index is 1.87. The fourth-order valence-corrected chi connectivity index (χ4v) is 4.28. The second-order valence-corrected chi connectivity index (χ2v) is 8.70. The summed E-state index contributed by atoms with van der Waals surface area (Å²) in [5, 5.41) is 0.636. The summed E-state index contributed by atoms with van der Waals surface area (Å²) < 4.78 is 12.3. The Bertz CT molecular complexity index is 1010. The molecule has 1 fully saturated rings. The number of benzene rings is 2. The first-order valence-electron chi connectivity index (χ1n) is 8.54. The third-order valence-electron chi connectivity index (χ3n) is 3.98. The molecule has 0 saturated carbocycles. The second-order valence-electron chi connectivity index (χ2n) is 6.04. The van der Waals surface area contributed by atoms with Crippen LogP contribution in [0.2, 0.25) is 10.0 Å². The van der Waals surface area contributed by atoms with Crippen LogP contribution in [0.5, 0.6) is 11.5 Å². The maximum atomic E-state index is 12.1. The Hall–Kier alpha value is -1.67. The van der Waals surface area contributed by atoms with Gasteiger partial charge < -0.3 is 9.47 Å². The van der Waals surface area contributed by atoms with Crippen molar-refractivity contribution in [3.05, 3.63) is 60.9 Å². The van der Waals surface area contributed by atoms with Crippen LogP contribution in [0.4, 0.5) is 4.79 Å². The van der Waals surface area contributed by atoms with Crippen molar-refractivity contribution in [2.75, 3.05) is 13.7 Å². The average Bonchev–Trinajstić information content (AvgIpc) is 2.91. The molecule has 0 unspecified atom stereocenters. The average molecular weight is 517 g/mol. The molecule has 5 nitrogen and oxygen atoms in total. The number of rotatable bonds is 6. The minimum atomic E-state index is -0.325.